The van der Waals surface area contributed by atoms with Crippen LogP contribution in [0.1, 0.15) is 23.5 Å². The van der Waals surface area contributed by atoms with E-state index >= 15 is 0 Å². The van der Waals surface area contributed by atoms with Gasteiger partial charge in [0.25, 0.3) is 0 Å². The van der Waals surface area contributed by atoms with E-state index in [1.807, 2.05) is 31.2 Å². The van der Waals surface area contributed by atoms with Gasteiger partial charge in [-0.3, -0.25) is 9.80 Å². The molecule has 2 heterocycles. The molecular formula is C21H30N2O4. The van der Waals surface area contributed by atoms with Gasteiger partial charge >= 0.3 is 0 Å². The van der Waals surface area contributed by atoms with E-state index in [1.54, 1.807) is 0 Å². The molecule has 148 valence electrons. The highest BCUT2D eigenvalue weighted by Gasteiger charge is 2.27. The van der Waals surface area contributed by atoms with Gasteiger partial charge in [-0.15, -0.1) is 0 Å². The third-order valence-corrected chi connectivity index (χ3v) is 5.00. The Bertz CT molecular complexity index is 686. The van der Waals surface area contributed by atoms with Gasteiger partial charge in [-0.2, -0.15) is 0 Å². The molecule has 3 rings (SSSR count). The van der Waals surface area contributed by atoms with Gasteiger partial charge in [-0.25, -0.2) is 0 Å². The molecule has 27 heavy (non-hydrogen) atoms. The van der Waals surface area contributed by atoms with Crippen LogP contribution in [0.3, 0.4) is 0 Å². The zero-order valence-electron chi connectivity index (χ0n) is 16.0. The van der Waals surface area contributed by atoms with Gasteiger partial charge in [0.05, 0.1) is 13.2 Å². The van der Waals surface area contributed by atoms with Gasteiger partial charge in [0.2, 0.25) is 0 Å². The molecule has 2 aromatic rings. The van der Waals surface area contributed by atoms with Crippen molar-refractivity contribution in [1.29, 1.82) is 0 Å². The van der Waals surface area contributed by atoms with Crippen LogP contribution in [0.15, 0.2) is 40.8 Å². The number of piperazine rings is 1. The van der Waals surface area contributed by atoms with Crippen LogP contribution in [-0.4, -0.2) is 65.5 Å². The number of hydrogen-bond acceptors (Lipinski definition) is 6. The van der Waals surface area contributed by atoms with Gasteiger partial charge in [0.1, 0.15) is 23.9 Å². The van der Waals surface area contributed by atoms with Crippen LogP contribution in [0.4, 0.5) is 0 Å². The molecule has 1 aromatic heterocycles. The maximum Gasteiger partial charge on any atom is 0.119 e. The van der Waals surface area contributed by atoms with Crippen molar-refractivity contribution in [3.63, 3.8) is 0 Å². The van der Waals surface area contributed by atoms with Crippen molar-refractivity contribution in [2.45, 2.75) is 32.5 Å². The Morgan fingerprint density at radius 3 is 2.52 bits per heavy atom. The minimum atomic E-state index is 0.0237. The van der Waals surface area contributed by atoms with Crippen LogP contribution < -0.4 is 4.74 Å². The van der Waals surface area contributed by atoms with E-state index in [4.69, 9.17) is 14.3 Å². The van der Waals surface area contributed by atoms with Crippen molar-refractivity contribution < 1.29 is 19.4 Å². The quantitative estimate of drug-likeness (QED) is 0.700. The maximum absolute atomic E-state index is 9.48. The predicted molar refractivity (Wildman–Crippen MR) is 104 cm³/mol. The maximum atomic E-state index is 9.48. The largest absolute Gasteiger partial charge is 0.491 e. The Labute approximate surface area is 161 Å². The van der Waals surface area contributed by atoms with E-state index in [0.717, 1.165) is 56.4 Å². The van der Waals surface area contributed by atoms with Crippen LogP contribution >= 0.6 is 0 Å². The van der Waals surface area contributed by atoms with Crippen molar-refractivity contribution >= 4 is 0 Å². The highest BCUT2D eigenvalue weighted by Crippen LogP contribution is 2.20. The summed E-state index contributed by atoms with van der Waals surface area (Å²) >= 11 is 0. The standard InChI is InChI=1S/C21H30N2O4/c1-17-2-5-21(27-17)16-23-10-9-22(15-19(23)8-11-24)14-18-3-6-20(7-4-18)26-13-12-25/h2-7,19,24-25H,8-16H2,1H3/t19-/m1/s1. The molecule has 1 aliphatic heterocycles. The second-order valence-corrected chi connectivity index (χ2v) is 7.10. The predicted octanol–water partition coefficient (Wildman–Crippen LogP) is 2.03. The summed E-state index contributed by atoms with van der Waals surface area (Å²) in [4.78, 5) is 4.85. The summed E-state index contributed by atoms with van der Waals surface area (Å²) in [6.45, 7) is 7.07. The molecule has 1 fully saturated rings. The molecule has 1 atom stereocenters. The summed E-state index contributed by atoms with van der Waals surface area (Å²) in [5, 5.41) is 18.3. The first kappa shape index (κ1) is 19.9. The zero-order valence-corrected chi connectivity index (χ0v) is 16.0. The average molecular weight is 374 g/mol. The second-order valence-electron chi connectivity index (χ2n) is 7.10. The van der Waals surface area contributed by atoms with Gasteiger partial charge in [0.15, 0.2) is 0 Å². The number of aliphatic hydroxyl groups is 2. The third-order valence-electron chi connectivity index (χ3n) is 5.00. The number of rotatable bonds is 9. The highest BCUT2D eigenvalue weighted by atomic mass is 16.5. The summed E-state index contributed by atoms with van der Waals surface area (Å²) in [5.74, 6) is 2.71. The number of nitrogens with zero attached hydrogens (tertiary/aromatic N) is 2. The normalized spacial score (nSPS) is 18.7. The fraction of sp³-hybridized carbons (Fsp3) is 0.524. The van der Waals surface area contributed by atoms with E-state index in [2.05, 4.69) is 21.9 Å². The lowest BCUT2D eigenvalue weighted by atomic mass is 10.1. The molecule has 0 spiro atoms. The Kier molecular flexibility index (Phi) is 7.29. The molecule has 0 saturated carbocycles. The molecule has 2 N–H and O–H groups in total. The first-order valence-electron chi connectivity index (χ1n) is 9.63. The van der Waals surface area contributed by atoms with Crippen molar-refractivity contribution in [2.24, 2.45) is 0 Å². The fourth-order valence-corrected chi connectivity index (χ4v) is 3.61. The summed E-state index contributed by atoms with van der Waals surface area (Å²) in [5.41, 5.74) is 1.24. The molecule has 1 saturated heterocycles. The number of benzene rings is 1. The van der Waals surface area contributed by atoms with Crippen molar-refractivity contribution in [2.75, 3.05) is 39.5 Å². The van der Waals surface area contributed by atoms with Crippen molar-refractivity contribution in [3.05, 3.63) is 53.5 Å². The Morgan fingerprint density at radius 2 is 1.85 bits per heavy atom. The molecule has 0 radical (unpaired) electrons. The molecule has 0 bridgehead atoms. The van der Waals surface area contributed by atoms with E-state index in [-0.39, 0.29) is 13.2 Å². The van der Waals surface area contributed by atoms with Crippen LogP contribution in [-0.2, 0) is 13.1 Å². The van der Waals surface area contributed by atoms with Crippen molar-refractivity contribution in [3.8, 4) is 5.75 Å². The lowest BCUT2D eigenvalue weighted by molar-refractivity contribution is 0.0454. The summed E-state index contributed by atoms with van der Waals surface area (Å²) < 4.78 is 11.1. The number of ether oxygens (including phenoxy) is 1. The lowest BCUT2D eigenvalue weighted by Crippen LogP contribution is -2.52. The fourth-order valence-electron chi connectivity index (χ4n) is 3.61. The minimum Gasteiger partial charge on any atom is -0.491 e. The average Bonchev–Trinajstić information content (AvgIpc) is 3.08. The number of furan rings is 1. The summed E-state index contributed by atoms with van der Waals surface area (Å²) in [7, 11) is 0. The van der Waals surface area contributed by atoms with Crippen LogP contribution in [0, 0.1) is 6.92 Å². The molecule has 0 unspecified atom stereocenters. The Balaban J connectivity index is 1.55. The molecule has 1 aliphatic rings. The Hall–Kier alpha value is -1.86. The molecule has 1 aromatic carbocycles. The number of aryl methyl sites for hydroxylation is 1. The first-order chi connectivity index (χ1) is 13.2. The van der Waals surface area contributed by atoms with E-state index in [9.17, 15) is 5.11 Å². The number of aliphatic hydroxyl groups excluding tert-OH is 2. The topological polar surface area (TPSA) is 69.3 Å². The van der Waals surface area contributed by atoms with Gasteiger partial charge < -0.3 is 19.4 Å². The highest BCUT2D eigenvalue weighted by molar-refractivity contribution is 5.27. The molecule has 0 aliphatic carbocycles. The second kappa shape index (κ2) is 9.90. The molecular weight excluding hydrogens is 344 g/mol. The van der Waals surface area contributed by atoms with E-state index in [1.165, 1.54) is 5.56 Å². The monoisotopic (exact) mass is 374 g/mol. The van der Waals surface area contributed by atoms with E-state index in [0.29, 0.717) is 12.6 Å². The Morgan fingerprint density at radius 1 is 1.04 bits per heavy atom. The van der Waals surface area contributed by atoms with Gasteiger partial charge in [0, 0.05) is 38.8 Å². The third kappa shape index (κ3) is 5.81. The number of hydrogen-bond donors (Lipinski definition) is 2. The zero-order chi connectivity index (χ0) is 19.1. The lowest BCUT2D eigenvalue weighted by Gasteiger charge is -2.41. The molecule has 6 heteroatoms. The smallest absolute Gasteiger partial charge is 0.119 e. The summed E-state index contributed by atoms with van der Waals surface area (Å²) in [6, 6.07) is 12.4. The van der Waals surface area contributed by atoms with Crippen LogP contribution in [0.5, 0.6) is 5.75 Å². The van der Waals surface area contributed by atoms with Crippen LogP contribution in [0.25, 0.3) is 0 Å². The molecule has 0 amide bonds. The molecule has 6 nitrogen and oxygen atoms in total. The summed E-state index contributed by atoms with van der Waals surface area (Å²) in [6.07, 6.45) is 0.768. The first-order valence-corrected chi connectivity index (χ1v) is 9.63. The van der Waals surface area contributed by atoms with Crippen LogP contribution in [0.2, 0.25) is 0 Å². The minimum absolute atomic E-state index is 0.0237. The van der Waals surface area contributed by atoms with Crippen molar-refractivity contribution in [1.82, 2.24) is 9.80 Å². The van der Waals surface area contributed by atoms with Gasteiger partial charge in [-0.1, -0.05) is 12.1 Å². The van der Waals surface area contributed by atoms with E-state index < -0.39 is 0 Å². The van der Waals surface area contributed by atoms with Gasteiger partial charge in [-0.05, 0) is 43.2 Å². The SMILES string of the molecule is Cc1ccc(CN2CCN(Cc3ccc(OCCO)cc3)C[C@H]2CCO)o1.